The van der Waals surface area contributed by atoms with E-state index in [0.29, 0.717) is 23.8 Å². The second-order valence-electron chi connectivity index (χ2n) is 6.11. The van der Waals surface area contributed by atoms with E-state index < -0.39 is 0 Å². The maximum absolute atomic E-state index is 12.5. The van der Waals surface area contributed by atoms with Crippen LogP contribution in [0.5, 0.6) is 0 Å². The van der Waals surface area contributed by atoms with E-state index in [1.807, 2.05) is 12.1 Å². The van der Waals surface area contributed by atoms with Crippen molar-refractivity contribution in [3.63, 3.8) is 0 Å². The fourth-order valence-corrected chi connectivity index (χ4v) is 3.13. The molecule has 1 atom stereocenters. The molecule has 0 saturated carbocycles. The van der Waals surface area contributed by atoms with Crippen LogP contribution in [0.25, 0.3) is 11.3 Å². The Morgan fingerprint density at radius 1 is 1.15 bits per heavy atom. The Labute approximate surface area is 149 Å². The Hall–Kier alpha value is -3.35. The highest BCUT2D eigenvalue weighted by Gasteiger charge is 2.25. The van der Waals surface area contributed by atoms with Crippen LogP contribution in [-0.2, 0) is 6.54 Å². The van der Waals surface area contributed by atoms with Crippen molar-refractivity contribution in [2.24, 2.45) is 0 Å². The van der Waals surface area contributed by atoms with Crippen LogP contribution in [0, 0.1) is 0 Å². The van der Waals surface area contributed by atoms with Gasteiger partial charge in [0, 0.05) is 36.8 Å². The average molecular weight is 347 g/mol. The van der Waals surface area contributed by atoms with Gasteiger partial charge in [-0.25, -0.2) is 4.98 Å². The molecule has 3 aromatic heterocycles. The zero-order valence-electron chi connectivity index (χ0n) is 14.0. The van der Waals surface area contributed by atoms with Crippen LogP contribution in [0.15, 0.2) is 59.8 Å². The molecular weight excluding hydrogens is 330 g/mol. The molecule has 0 aromatic carbocycles. The third kappa shape index (κ3) is 3.11. The second kappa shape index (κ2) is 6.87. The van der Waals surface area contributed by atoms with Crippen molar-refractivity contribution in [1.29, 1.82) is 0 Å². The molecule has 1 unspecified atom stereocenters. The molecule has 7 heteroatoms. The van der Waals surface area contributed by atoms with Crippen LogP contribution in [-0.4, -0.2) is 25.4 Å². The minimum Gasteiger partial charge on any atom is -0.341 e. The van der Waals surface area contributed by atoms with E-state index >= 15 is 0 Å². The lowest BCUT2D eigenvalue weighted by Gasteiger charge is -2.26. The first-order valence-electron chi connectivity index (χ1n) is 8.46. The Kier molecular flexibility index (Phi) is 4.27. The van der Waals surface area contributed by atoms with Crippen molar-refractivity contribution in [1.82, 2.24) is 24.8 Å². The van der Waals surface area contributed by atoms with Gasteiger partial charge in [0.1, 0.15) is 11.5 Å². The number of carbonyl (C=O) groups is 1. The Morgan fingerprint density at radius 2 is 2.00 bits per heavy atom. The zero-order chi connectivity index (χ0) is 17.9. The molecule has 4 heterocycles. The van der Waals surface area contributed by atoms with Gasteiger partial charge in [0.2, 0.25) is 0 Å². The number of amides is 1. The van der Waals surface area contributed by atoms with Gasteiger partial charge in [-0.05, 0) is 37.1 Å². The molecule has 1 N–H and O–H groups in total. The number of pyridine rings is 2. The van der Waals surface area contributed by atoms with E-state index in [1.54, 1.807) is 41.4 Å². The lowest BCUT2D eigenvalue weighted by molar-refractivity contribution is 0.0922. The first-order valence-corrected chi connectivity index (χ1v) is 8.46. The average Bonchev–Trinajstić information content (AvgIpc) is 2.70. The molecule has 3 aromatic rings. The van der Waals surface area contributed by atoms with E-state index in [2.05, 4.69) is 20.3 Å². The standard InChI is InChI=1S/C19H17N5O2/c25-17-12-16(13-6-9-20-10-7-13)22-18-14(5-3-11-24(17)18)23-19(26)15-4-1-2-8-21-15/h1-2,4,6-10,12,14H,3,5,11H2,(H,23,26). The van der Waals surface area contributed by atoms with Crippen molar-refractivity contribution >= 4 is 5.91 Å². The van der Waals surface area contributed by atoms with Gasteiger partial charge in [-0.2, -0.15) is 0 Å². The molecule has 0 aliphatic carbocycles. The van der Waals surface area contributed by atoms with Gasteiger partial charge in [0.05, 0.1) is 11.7 Å². The summed E-state index contributed by atoms with van der Waals surface area (Å²) < 4.78 is 1.64. The number of hydrogen-bond donors (Lipinski definition) is 1. The molecule has 1 aliphatic rings. The number of hydrogen-bond acceptors (Lipinski definition) is 5. The molecule has 1 aliphatic heterocycles. The van der Waals surface area contributed by atoms with Gasteiger partial charge in [-0.1, -0.05) is 6.07 Å². The molecule has 4 rings (SSSR count). The van der Waals surface area contributed by atoms with Gasteiger partial charge < -0.3 is 5.32 Å². The fourth-order valence-electron chi connectivity index (χ4n) is 3.13. The largest absolute Gasteiger partial charge is 0.341 e. The molecule has 1 amide bonds. The van der Waals surface area contributed by atoms with Crippen LogP contribution >= 0.6 is 0 Å². The van der Waals surface area contributed by atoms with Gasteiger partial charge in [-0.3, -0.25) is 24.1 Å². The lowest BCUT2D eigenvalue weighted by Crippen LogP contribution is -2.38. The minimum atomic E-state index is -0.326. The van der Waals surface area contributed by atoms with Gasteiger partial charge >= 0.3 is 0 Å². The maximum atomic E-state index is 12.5. The minimum absolute atomic E-state index is 0.112. The molecule has 26 heavy (non-hydrogen) atoms. The quantitative estimate of drug-likeness (QED) is 0.782. The normalized spacial score (nSPS) is 15.9. The molecule has 0 radical (unpaired) electrons. The third-order valence-corrected chi connectivity index (χ3v) is 4.40. The second-order valence-corrected chi connectivity index (χ2v) is 6.11. The summed E-state index contributed by atoms with van der Waals surface area (Å²) in [5, 5.41) is 2.96. The predicted molar refractivity (Wildman–Crippen MR) is 95.4 cm³/mol. The Morgan fingerprint density at radius 3 is 2.77 bits per heavy atom. The first kappa shape index (κ1) is 16.1. The number of rotatable bonds is 3. The van der Waals surface area contributed by atoms with Crippen molar-refractivity contribution in [2.75, 3.05) is 0 Å². The molecule has 7 nitrogen and oxygen atoms in total. The van der Waals surface area contributed by atoms with Crippen LogP contribution < -0.4 is 10.9 Å². The van der Waals surface area contributed by atoms with E-state index in [9.17, 15) is 9.59 Å². The summed E-state index contributed by atoms with van der Waals surface area (Å²) >= 11 is 0. The topological polar surface area (TPSA) is 89.8 Å². The fraction of sp³-hybridized carbons (Fsp3) is 0.211. The number of carbonyl (C=O) groups excluding carboxylic acids is 1. The van der Waals surface area contributed by atoms with E-state index in [0.717, 1.165) is 18.4 Å². The van der Waals surface area contributed by atoms with E-state index in [-0.39, 0.29) is 17.5 Å². The predicted octanol–water partition coefficient (Wildman–Crippen LogP) is 1.97. The Bertz CT molecular complexity index is 986. The Balaban J connectivity index is 1.70. The van der Waals surface area contributed by atoms with E-state index in [1.165, 1.54) is 6.07 Å². The number of fused-ring (bicyclic) bond motifs is 1. The number of aromatic nitrogens is 4. The van der Waals surface area contributed by atoms with Crippen molar-refractivity contribution in [2.45, 2.75) is 25.4 Å². The smallest absolute Gasteiger partial charge is 0.270 e. The summed E-state index contributed by atoms with van der Waals surface area (Å²) in [6.07, 6.45) is 6.43. The highest BCUT2D eigenvalue weighted by Crippen LogP contribution is 2.24. The summed E-state index contributed by atoms with van der Waals surface area (Å²) in [6.45, 7) is 0.605. The molecule has 0 fully saturated rings. The first-order chi connectivity index (χ1) is 12.7. The molecule has 130 valence electrons. The highest BCUT2D eigenvalue weighted by atomic mass is 16.2. The van der Waals surface area contributed by atoms with Crippen LogP contribution in [0.4, 0.5) is 0 Å². The molecule has 0 bridgehead atoms. The maximum Gasteiger partial charge on any atom is 0.270 e. The summed E-state index contributed by atoms with van der Waals surface area (Å²) in [4.78, 5) is 37.7. The number of nitrogens with zero attached hydrogens (tertiary/aromatic N) is 4. The van der Waals surface area contributed by atoms with Crippen molar-refractivity contribution < 1.29 is 4.79 Å². The lowest BCUT2D eigenvalue weighted by atomic mass is 10.0. The highest BCUT2D eigenvalue weighted by molar-refractivity contribution is 5.92. The van der Waals surface area contributed by atoms with Gasteiger partial charge in [0.15, 0.2) is 0 Å². The summed E-state index contributed by atoms with van der Waals surface area (Å²) in [5.74, 6) is 0.312. The van der Waals surface area contributed by atoms with Crippen LogP contribution in [0.1, 0.15) is 35.2 Å². The van der Waals surface area contributed by atoms with Gasteiger partial charge in [0.25, 0.3) is 11.5 Å². The zero-order valence-corrected chi connectivity index (χ0v) is 14.0. The van der Waals surface area contributed by atoms with Crippen LogP contribution in [0.2, 0.25) is 0 Å². The monoisotopic (exact) mass is 347 g/mol. The molecule has 0 saturated heterocycles. The van der Waals surface area contributed by atoms with E-state index in [4.69, 9.17) is 0 Å². The summed E-state index contributed by atoms with van der Waals surface area (Å²) in [7, 11) is 0. The summed E-state index contributed by atoms with van der Waals surface area (Å²) in [5.41, 5.74) is 1.64. The summed E-state index contributed by atoms with van der Waals surface area (Å²) in [6, 6.07) is 10.0. The SMILES string of the molecule is O=C(NC1CCCn2c1nc(-c1ccncc1)cc2=O)c1ccccn1. The molecule has 0 spiro atoms. The van der Waals surface area contributed by atoms with Crippen LogP contribution in [0.3, 0.4) is 0 Å². The third-order valence-electron chi connectivity index (χ3n) is 4.40. The molecular formula is C19H17N5O2. The van der Waals surface area contributed by atoms with Crippen molar-refractivity contribution in [3.8, 4) is 11.3 Å². The van der Waals surface area contributed by atoms with Gasteiger partial charge in [-0.15, -0.1) is 0 Å². The number of nitrogens with one attached hydrogen (secondary N) is 1. The van der Waals surface area contributed by atoms with Crippen molar-refractivity contribution in [3.05, 3.63) is 76.9 Å².